The van der Waals surface area contributed by atoms with Crippen molar-refractivity contribution >= 4 is 0 Å². The largest absolute Gasteiger partial charge is 0.0845 e. The van der Waals surface area contributed by atoms with Crippen molar-refractivity contribution in [2.45, 2.75) is 135 Å². The molecule has 1 rings (SSSR count). The molecule has 0 aromatic rings. The summed E-state index contributed by atoms with van der Waals surface area (Å²) in [6, 6.07) is 0. The molecule has 0 atom stereocenters. The van der Waals surface area contributed by atoms with Gasteiger partial charge in [0.15, 0.2) is 0 Å². The summed E-state index contributed by atoms with van der Waals surface area (Å²) in [5, 5.41) is 0. The van der Waals surface area contributed by atoms with E-state index in [1.54, 1.807) is 0 Å². The van der Waals surface area contributed by atoms with Crippen LogP contribution in [-0.2, 0) is 0 Å². The van der Waals surface area contributed by atoms with E-state index >= 15 is 0 Å². The molecule has 0 aromatic heterocycles. The minimum atomic E-state index is 1.24. The summed E-state index contributed by atoms with van der Waals surface area (Å²) in [7, 11) is 0. The molecule has 1 aliphatic rings. The Morgan fingerprint density at radius 2 is 0.444 bits per heavy atom. The van der Waals surface area contributed by atoms with Crippen LogP contribution in [0.2, 0.25) is 0 Å². The molecule has 0 fully saturated rings. The molecule has 0 spiro atoms. The highest BCUT2D eigenvalue weighted by Crippen LogP contribution is 2.15. The topological polar surface area (TPSA) is 0 Å². The highest BCUT2D eigenvalue weighted by molar-refractivity contribution is 5.10. The zero-order chi connectivity index (χ0) is 19.1. The molecule has 0 heterocycles. The van der Waals surface area contributed by atoms with Crippen molar-refractivity contribution in [1.29, 1.82) is 0 Å². The van der Waals surface area contributed by atoms with E-state index in [1.165, 1.54) is 135 Å². The van der Waals surface area contributed by atoms with Crippen LogP contribution < -0.4 is 0 Å². The van der Waals surface area contributed by atoms with Gasteiger partial charge in [0.05, 0.1) is 0 Å². The van der Waals surface area contributed by atoms with Gasteiger partial charge >= 0.3 is 0 Å². The summed E-state index contributed by atoms with van der Waals surface area (Å²) in [4.78, 5) is 0. The van der Waals surface area contributed by atoms with Crippen molar-refractivity contribution in [1.82, 2.24) is 0 Å². The number of allylic oxidation sites excluding steroid dienone is 6. The molecule has 0 unspecified atom stereocenters. The number of rotatable bonds is 0. The van der Waals surface area contributed by atoms with E-state index in [9.17, 15) is 0 Å². The normalized spacial score (nSPS) is 24.6. The standard InChI is InChI=1S/C27H48/c1-2-4-6-8-10-12-14-16-18-20-22-24-26-27-25-23-21-19-17-15-13-11-9-7-5-3-1/h1-6H,7-27H2/b2-1-,5-3-,6-4?. The molecule has 0 N–H and O–H groups in total. The molecule has 0 radical (unpaired) electrons. The third-order valence-electron chi connectivity index (χ3n) is 5.85. The Kier molecular flexibility index (Phi) is 19.3. The maximum Gasteiger partial charge on any atom is -0.0348 e. The maximum atomic E-state index is 2.33. The molecule has 0 nitrogen and oxygen atoms in total. The fraction of sp³-hybridized carbons (Fsp3) is 0.778. The number of hydrogen-bond acceptors (Lipinski definition) is 0. The Bertz CT molecular complexity index is 326. The van der Waals surface area contributed by atoms with Gasteiger partial charge in [-0.3, -0.25) is 0 Å². The molecular weight excluding hydrogens is 324 g/mol. The highest BCUT2D eigenvalue weighted by Gasteiger charge is 1.95. The van der Waals surface area contributed by atoms with Gasteiger partial charge in [0.25, 0.3) is 0 Å². The van der Waals surface area contributed by atoms with E-state index in [-0.39, 0.29) is 0 Å². The third kappa shape index (κ3) is 19.8. The van der Waals surface area contributed by atoms with Gasteiger partial charge in [-0.15, -0.1) is 0 Å². The Morgan fingerprint density at radius 1 is 0.222 bits per heavy atom. The van der Waals surface area contributed by atoms with Gasteiger partial charge in [-0.2, -0.15) is 0 Å². The lowest BCUT2D eigenvalue weighted by molar-refractivity contribution is 0.522. The minimum absolute atomic E-state index is 1.24. The lowest BCUT2D eigenvalue weighted by Gasteiger charge is -2.04. The van der Waals surface area contributed by atoms with Crippen molar-refractivity contribution in [2.24, 2.45) is 0 Å². The third-order valence-corrected chi connectivity index (χ3v) is 5.85. The zero-order valence-electron chi connectivity index (χ0n) is 18.3. The SMILES string of the molecule is C1=CCCCCCCCCCCCCCCCCCCCCC/C=C\C=C/1. The summed E-state index contributed by atoms with van der Waals surface area (Å²) in [5.74, 6) is 0. The Balaban J connectivity index is 2.13. The van der Waals surface area contributed by atoms with Crippen LogP contribution in [0.1, 0.15) is 135 Å². The fourth-order valence-electron chi connectivity index (χ4n) is 4.01. The first-order chi connectivity index (χ1) is 13.5. The van der Waals surface area contributed by atoms with Crippen LogP contribution in [0.3, 0.4) is 0 Å². The summed E-state index contributed by atoms with van der Waals surface area (Å²) >= 11 is 0. The van der Waals surface area contributed by atoms with Gasteiger partial charge in [0, 0.05) is 0 Å². The lowest BCUT2D eigenvalue weighted by Crippen LogP contribution is -1.84. The zero-order valence-corrected chi connectivity index (χ0v) is 18.3. The predicted molar refractivity (Wildman–Crippen MR) is 124 cm³/mol. The summed E-state index contributed by atoms with van der Waals surface area (Å²) < 4.78 is 0. The minimum Gasteiger partial charge on any atom is -0.0845 e. The summed E-state index contributed by atoms with van der Waals surface area (Å²) in [6.45, 7) is 0. The second-order valence-electron chi connectivity index (χ2n) is 8.54. The van der Waals surface area contributed by atoms with Gasteiger partial charge in [-0.1, -0.05) is 146 Å². The van der Waals surface area contributed by atoms with Crippen LogP contribution in [0.15, 0.2) is 36.5 Å². The van der Waals surface area contributed by atoms with Crippen molar-refractivity contribution < 1.29 is 0 Å². The van der Waals surface area contributed by atoms with Crippen molar-refractivity contribution in [3.05, 3.63) is 36.5 Å². The fourth-order valence-corrected chi connectivity index (χ4v) is 4.01. The van der Waals surface area contributed by atoms with E-state index in [2.05, 4.69) is 36.5 Å². The monoisotopic (exact) mass is 372 g/mol. The average Bonchev–Trinajstić information content (AvgIpc) is 2.68. The first-order valence-electron chi connectivity index (χ1n) is 12.5. The van der Waals surface area contributed by atoms with Crippen LogP contribution in [0.25, 0.3) is 0 Å². The molecule has 0 saturated carbocycles. The first kappa shape index (κ1) is 24.3. The van der Waals surface area contributed by atoms with Crippen molar-refractivity contribution in [3.8, 4) is 0 Å². The van der Waals surface area contributed by atoms with Gasteiger partial charge in [0.2, 0.25) is 0 Å². The molecule has 0 bridgehead atoms. The van der Waals surface area contributed by atoms with E-state index in [0.717, 1.165) is 0 Å². The van der Waals surface area contributed by atoms with Crippen LogP contribution >= 0.6 is 0 Å². The van der Waals surface area contributed by atoms with Crippen LogP contribution in [0.5, 0.6) is 0 Å². The van der Waals surface area contributed by atoms with Crippen LogP contribution in [0, 0.1) is 0 Å². The van der Waals surface area contributed by atoms with Gasteiger partial charge in [-0.25, -0.2) is 0 Å². The maximum absolute atomic E-state index is 2.33. The smallest absolute Gasteiger partial charge is 0.0348 e. The molecule has 0 amide bonds. The van der Waals surface area contributed by atoms with Crippen molar-refractivity contribution in [2.75, 3.05) is 0 Å². The molecule has 0 aliphatic heterocycles. The van der Waals surface area contributed by atoms with E-state index in [1.807, 2.05) is 0 Å². The van der Waals surface area contributed by atoms with Gasteiger partial charge < -0.3 is 0 Å². The Morgan fingerprint density at radius 3 is 0.704 bits per heavy atom. The lowest BCUT2D eigenvalue weighted by atomic mass is 10.0. The Labute approximate surface area is 171 Å². The molecule has 1 aliphatic carbocycles. The second kappa shape index (κ2) is 21.5. The van der Waals surface area contributed by atoms with E-state index < -0.39 is 0 Å². The van der Waals surface area contributed by atoms with Crippen LogP contribution in [0.4, 0.5) is 0 Å². The molecule has 0 aromatic carbocycles. The number of hydrogen-bond donors (Lipinski definition) is 0. The average molecular weight is 373 g/mol. The predicted octanol–water partition coefficient (Wildman–Crippen LogP) is 9.86. The van der Waals surface area contributed by atoms with Gasteiger partial charge in [-0.05, 0) is 25.7 Å². The molecule has 156 valence electrons. The van der Waals surface area contributed by atoms with Crippen LogP contribution in [-0.4, -0.2) is 0 Å². The van der Waals surface area contributed by atoms with E-state index in [4.69, 9.17) is 0 Å². The molecule has 0 saturated heterocycles. The van der Waals surface area contributed by atoms with Crippen molar-refractivity contribution in [3.63, 3.8) is 0 Å². The summed E-state index contributed by atoms with van der Waals surface area (Å²) in [6.07, 6.45) is 43.5. The Hall–Kier alpha value is -0.780. The quantitative estimate of drug-likeness (QED) is 0.397. The van der Waals surface area contributed by atoms with E-state index in [0.29, 0.717) is 0 Å². The van der Waals surface area contributed by atoms with Gasteiger partial charge in [0.1, 0.15) is 0 Å². The summed E-state index contributed by atoms with van der Waals surface area (Å²) in [5.41, 5.74) is 0. The second-order valence-corrected chi connectivity index (χ2v) is 8.54. The molecule has 0 heteroatoms. The molecule has 27 heavy (non-hydrogen) atoms. The molecular formula is C27H48. The first-order valence-corrected chi connectivity index (χ1v) is 12.5. The highest BCUT2D eigenvalue weighted by atomic mass is 14.0.